The molecule has 0 fully saturated rings. The number of allylic oxidation sites excluding steroid dienone is 1. The topological polar surface area (TPSA) is 125 Å². The second-order valence-corrected chi connectivity index (χ2v) is 9.84. The molecule has 1 atom stereocenters. The van der Waals surface area contributed by atoms with E-state index in [1.807, 2.05) is 55.5 Å². The molecule has 0 bridgehead atoms. The number of fused-ring (bicyclic) bond motifs is 2. The second kappa shape index (κ2) is 11.0. The first-order chi connectivity index (χ1) is 20.4. The number of nitrogens with zero attached hydrogens (tertiary/aromatic N) is 1. The third-order valence-electron chi connectivity index (χ3n) is 7.00. The number of hydrogen-bond acceptors (Lipinski definition) is 8. The maximum Gasteiger partial charge on any atom is 0.351 e. The molecule has 8 heteroatoms. The number of nitriles is 1. The average molecular weight is 557 g/mol. The van der Waals surface area contributed by atoms with Gasteiger partial charge in [-0.1, -0.05) is 66.2 Å². The molecule has 8 nitrogen and oxygen atoms in total. The largest absolute Gasteiger partial charge is 0.489 e. The lowest BCUT2D eigenvalue weighted by Crippen LogP contribution is -2.21. The minimum Gasteiger partial charge on any atom is -0.489 e. The summed E-state index contributed by atoms with van der Waals surface area (Å²) in [6.45, 7) is 2.46. The van der Waals surface area contributed by atoms with E-state index in [1.165, 1.54) is 17.7 Å². The van der Waals surface area contributed by atoms with Crippen molar-refractivity contribution >= 4 is 16.9 Å². The number of ether oxygens (including phenoxy) is 3. The van der Waals surface area contributed by atoms with Crippen LogP contribution in [0.4, 0.5) is 0 Å². The van der Waals surface area contributed by atoms with Crippen molar-refractivity contribution in [3.8, 4) is 23.3 Å². The molecule has 1 aliphatic heterocycles. The highest BCUT2D eigenvalue weighted by Crippen LogP contribution is 2.43. The van der Waals surface area contributed by atoms with Crippen molar-refractivity contribution in [3.63, 3.8) is 0 Å². The fourth-order valence-electron chi connectivity index (χ4n) is 4.82. The number of carbonyl (C=O) groups is 1. The number of nitrogens with two attached hydrogens (primary N) is 1. The van der Waals surface area contributed by atoms with Crippen molar-refractivity contribution < 1.29 is 23.4 Å². The van der Waals surface area contributed by atoms with E-state index < -0.39 is 17.5 Å². The number of esters is 1. The Morgan fingerprint density at radius 3 is 2.45 bits per heavy atom. The molecule has 1 unspecified atom stereocenters. The predicted molar refractivity (Wildman–Crippen MR) is 155 cm³/mol. The fraction of sp³-hybridized carbons (Fsp3) is 0.0882. The first-order valence-electron chi connectivity index (χ1n) is 13.1. The summed E-state index contributed by atoms with van der Waals surface area (Å²) >= 11 is 0. The molecule has 2 heterocycles. The van der Waals surface area contributed by atoms with E-state index in [9.17, 15) is 14.9 Å². The third kappa shape index (κ3) is 5.19. The normalized spacial score (nSPS) is 14.0. The Bertz CT molecular complexity index is 1950. The average Bonchev–Trinajstić information content (AvgIpc) is 3.00. The summed E-state index contributed by atoms with van der Waals surface area (Å²) in [5.41, 5.74) is 9.45. The Morgan fingerprint density at radius 1 is 0.952 bits per heavy atom. The summed E-state index contributed by atoms with van der Waals surface area (Å²) in [6.07, 6.45) is 0. The molecule has 6 rings (SSSR count). The van der Waals surface area contributed by atoms with Crippen LogP contribution in [0, 0.1) is 18.3 Å². The highest BCUT2D eigenvalue weighted by atomic mass is 16.5. The van der Waals surface area contributed by atoms with Crippen molar-refractivity contribution in [3.05, 3.63) is 147 Å². The minimum absolute atomic E-state index is 0.0478. The zero-order valence-corrected chi connectivity index (χ0v) is 22.5. The lowest BCUT2D eigenvalue weighted by molar-refractivity contribution is 0.0730. The van der Waals surface area contributed by atoms with Gasteiger partial charge in [-0.05, 0) is 48.4 Å². The third-order valence-corrected chi connectivity index (χ3v) is 7.00. The van der Waals surface area contributed by atoms with E-state index in [4.69, 9.17) is 24.4 Å². The summed E-state index contributed by atoms with van der Waals surface area (Å²) in [6, 6.07) is 30.8. The van der Waals surface area contributed by atoms with E-state index >= 15 is 0 Å². The first kappa shape index (κ1) is 26.4. The van der Waals surface area contributed by atoms with E-state index in [1.54, 1.807) is 36.4 Å². The molecule has 42 heavy (non-hydrogen) atoms. The highest BCUT2D eigenvalue weighted by Gasteiger charge is 2.31. The van der Waals surface area contributed by atoms with Gasteiger partial charge in [0.05, 0.1) is 5.92 Å². The van der Waals surface area contributed by atoms with Crippen LogP contribution in [0.25, 0.3) is 11.0 Å². The lowest BCUT2D eigenvalue weighted by atomic mass is 9.83. The Balaban J connectivity index is 1.24. The molecule has 206 valence electrons. The molecule has 4 aromatic carbocycles. The standard InChI is InChI=1S/C34H24N2O6/c1-20-6-8-21(9-7-20)19-39-24-12-10-22(11-13-24)31-26-15-14-25(17-30(26)41-32(36)28(31)18-35)40-33(37)27-16-23-4-2-3-5-29(23)42-34(27)38/h2-17,31H,19,36H2,1H3. The second-order valence-electron chi connectivity index (χ2n) is 9.84. The van der Waals surface area contributed by atoms with Gasteiger partial charge in [0, 0.05) is 17.0 Å². The smallest absolute Gasteiger partial charge is 0.351 e. The Hall–Kier alpha value is -5.81. The van der Waals surface area contributed by atoms with Crippen molar-refractivity contribution in [1.82, 2.24) is 0 Å². The van der Waals surface area contributed by atoms with Gasteiger partial charge in [-0.25, -0.2) is 9.59 Å². The van der Waals surface area contributed by atoms with Gasteiger partial charge in [0.25, 0.3) is 0 Å². The lowest BCUT2D eigenvalue weighted by Gasteiger charge is -2.26. The molecule has 0 spiro atoms. The number of para-hydroxylation sites is 1. The van der Waals surface area contributed by atoms with Gasteiger partial charge in [-0.15, -0.1) is 0 Å². The Morgan fingerprint density at radius 2 is 1.69 bits per heavy atom. The monoisotopic (exact) mass is 556 g/mol. The van der Waals surface area contributed by atoms with Crippen molar-refractivity contribution in [1.29, 1.82) is 5.26 Å². The van der Waals surface area contributed by atoms with E-state index in [-0.39, 0.29) is 22.8 Å². The van der Waals surface area contributed by atoms with Crippen molar-refractivity contribution in [2.24, 2.45) is 5.73 Å². The van der Waals surface area contributed by atoms with Crippen LogP contribution in [0.2, 0.25) is 0 Å². The molecule has 0 saturated carbocycles. The van der Waals surface area contributed by atoms with Crippen LogP contribution in [0.3, 0.4) is 0 Å². The van der Waals surface area contributed by atoms with Gasteiger partial charge >= 0.3 is 11.6 Å². The van der Waals surface area contributed by atoms with Crippen LogP contribution in [0.1, 0.15) is 38.5 Å². The predicted octanol–water partition coefficient (Wildman–Crippen LogP) is 6.12. The maximum atomic E-state index is 12.9. The van der Waals surface area contributed by atoms with Crippen molar-refractivity contribution in [2.45, 2.75) is 19.4 Å². The van der Waals surface area contributed by atoms with E-state index in [0.29, 0.717) is 34.6 Å². The Labute approximate surface area is 240 Å². The number of rotatable bonds is 6. The summed E-state index contributed by atoms with van der Waals surface area (Å²) in [5.74, 6) is -0.285. The van der Waals surface area contributed by atoms with E-state index in [0.717, 1.165) is 11.1 Å². The molecular formula is C34H24N2O6. The zero-order chi connectivity index (χ0) is 29.2. The van der Waals surface area contributed by atoms with Crippen LogP contribution in [-0.2, 0) is 6.61 Å². The molecule has 1 aromatic heterocycles. The van der Waals surface area contributed by atoms with Gasteiger partial charge in [0.15, 0.2) is 0 Å². The number of aryl methyl sites for hydroxylation is 1. The molecule has 5 aromatic rings. The maximum absolute atomic E-state index is 12.9. The van der Waals surface area contributed by atoms with Gasteiger partial charge in [-0.3, -0.25) is 0 Å². The zero-order valence-electron chi connectivity index (χ0n) is 22.5. The fourth-order valence-corrected chi connectivity index (χ4v) is 4.82. The summed E-state index contributed by atoms with van der Waals surface area (Å²) < 4.78 is 22.4. The van der Waals surface area contributed by atoms with Crippen LogP contribution in [-0.4, -0.2) is 5.97 Å². The summed E-state index contributed by atoms with van der Waals surface area (Å²) in [4.78, 5) is 25.3. The minimum atomic E-state index is -0.871. The quantitative estimate of drug-likeness (QED) is 0.151. The van der Waals surface area contributed by atoms with Crippen LogP contribution in [0.15, 0.2) is 118 Å². The molecule has 1 aliphatic rings. The molecule has 0 saturated heterocycles. The SMILES string of the molecule is Cc1ccc(COc2ccc(C3C(C#N)=C(N)Oc4cc(OC(=O)c5cc6ccccc6oc5=O)ccc43)cc2)cc1. The number of carbonyl (C=O) groups excluding carboxylic acids is 1. The molecule has 0 amide bonds. The van der Waals surface area contributed by atoms with Gasteiger partial charge < -0.3 is 24.4 Å². The molecular weight excluding hydrogens is 532 g/mol. The Kier molecular flexibility index (Phi) is 6.91. The molecule has 2 N–H and O–H groups in total. The number of hydrogen-bond donors (Lipinski definition) is 1. The molecule has 0 aliphatic carbocycles. The van der Waals surface area contributed by atoms with Crippen LogP contribution in [0.5, 0.6) is 17.2 Å². The summed E-state index contributed by atoms with van der Waals surface area (Å²) in [5, 5.41) is 10.5. The van der Waals surface area contributed by atoms with Gasteiger partial charge in [0.2, 0.25) is 5.88 Å². The van der Waals surface area contributed by atoms with Gasteiger partial charge in [-0.2, -0.15) is 5.26 Å². The van der Waals surface area contributed by atoms with E-state index in [2.05, 4.69) is 6.07 Å². The van der Waals surface area contributed by atoms with Crippen LogP contribution >= 0.6 is 0 Å². The van der Waals surface area contributed by atoms with Crippen LogP contribution < -0.4 is 25.6 Å². The molecule has 0 radical (unpaired) electrons. The van der Waals surface area contributed by atoms with Crippen molar-refractivity contribution in [2.75, 3.05) is 0 Å². The first-order valence-corrected chi connectivity index (χ1v) is 13.1. The summed E-state index contributed by atoms with van der Waals surface area (Å²) in [7, 11) is 0. The number of benzene rings is 4. The highest BCUT2D eigenvalue weighted by molar-refractivity contribution is 5.94. The van der Waals surface area contributed by atoms with Gasteiger partial charge in [0.1, 0.15) is 46.6 Å².